The van der Waals surface area contributed by atoms with Crippen LogP contribution in [0.4, 0.5) is 13.2 Å². The average molecular weight is 280 g/mol. The fraction of sp³-hybridized carbons (Fsp3) is 0.133. The summed E-state index contributed by atoms with van der Waals surface area (Å²) < 4.78 is 40.6. The molecule has 0 unspecified atom stereocenters. The van der Waals surface area contributed by atoms with E-state index in [9.17, 15) is 18.0 Å². The van der Waals surface area contributed by atoms with E-state index in [1.807, 2.05) is 19.1 Å². The maximum atomic E-state index is 12.3. The van der Waals surface area contributed by atoms with Crippen molar-refractivity contribution >= 4 is 6.29 Å². The van der Waals surface area contributed by atoms with Crippen molar-refractivity contribution < 1.29 is 22.7 Å². The fourth-order valence-electron chi connectivity index (χ4n) is 1.80. The summed E-state index contributed by atoms with van der Waals surface area (Å²) in [5.74, 6) is -0.405. The van der Waals surface area contributed by atoms with E-state index >= 15 is 0 Å². The average Bonchev–Trinajstić information content (AvgIpc) is 2.37. The zero-order chi connectivity index (χ0) is 14.8. The highest BCUT2D eigenvalue weighted by Crippen LogP contribution is 2.29. The number of aryl methyl sites for hydroxylation is 1. The summed E-state index contributed by atoms with van der Waals surface area (Å²) >= 11 is 0. The quantitative estimate of drug-likeness (QED) is 0.780. The molecule has 0 aliphatic carbocycles. The molecule has 0 heterocycles. The molecule has 5 heteroatoms. The third kappa shape index (κ3) is 3.60. The molecule has 0 fully saturated rings. The Bertz CT molecular complexity index is 616. The maximum absolute atomic E-state index is 12.3. The minimum atomic E-state index is -4.79. The highest BCUT2D eigenvalue weighted by Gasteiger charge is 2.31. The van der Waals surface area contributed by atoms with Crippen LogP contribution in [-0.2, 0) is 0 Å². The number of benzene rings is 2. The van der Waals surface area contributed by atoms with Gasteiger partial charge in [0, 0.05) is 5.56 Å². The van der Waals surface area contributed by atoms with E-state index in [2.05, 4.69) is 4.74 Å². The summed E-state index contributed by atoms with van der Waals surface area (Å²) in [5.41, 5.74) is 2.37. The number of rotatable bonds is 3. The summed E-state index contributed by atoms with van der Waals surface area (Å²) in [7, 11) is 0. The lowest BCUT2D eigenvalue weighted by Crippen LogP contribution is -2.17. The van der Waals surface area contributed by atoms with Gasteiger partial charge in [0.1, 0.15) is 12.0 Å². The molecule has 0 atom stereocenters. The van der Waals surface area contributed by atoms with Gasteiger partial charge in [-0.2, -0.15) is 0 Å². The second-order valence-electron chi connectivity index (χ2n) is 4.32. The van der Waals surface area contributed by atoms with Crippen molar-refractivity contribution in [3.05, 3.63) is 53.6 Å². The smallest absolute Gasteiger partial charge is 0.406 e. The molecule has 0 saturated heterocycles. The maximum Gasteiger partial charge on any atom is 0.573 e. The Morgan fingerprint density at radius 3 is 2.20 bits per heavy atom. The van der Waals surface area contributed by atoms with Crippen molar-refractivity contribution in [1.82, 2.24) is 0 Å². The molecular weight excluding hydrogens is 269 g/mol. The lowest BCUT2D eigenvalue weighted by atomic mass is 10.0. The predicted octanol–water partition coefficient (Wildman–Crippen LogP) is 4.37. The molecule has 0 bridgehead atoms. The standard InChI is InChI=1S/C15H11F3O2/c1-10-2-4-12(5-3-10)13-6-11(9-19)7-14(8-13)20-15(16,17)18/h2-9H,1H3. The van der Waals surface area contributed by atoms with Crippen LogP contribution in [0.5, 0.6) is 5.75 Å². The van der Waals surface area contributed by atoms with Gasteiger partial charge in [-0.15, -0.1) is 13.2 Å². The molecule has 0 N–H and O–H groups in total. The molecule has 0 radical (unpaired) electrons. The van der Waals surface area contributed by atoms with E-state index in [1.54, 1.807) is 12.1 Å². The largest absolute Gasteiger partial charge is 0.573 e. The number of carbonyl (C=O) groups excluding carboxylic acids is 1. The van der Waals surface area contributed by atoms with Crippen LogP contribution < -0.4 is 4.74 Å². The molecule has 104 valence electrons. The number of hydrogen-bond acceptors (Lipinski definition) is 2. The van der Waals surface area contributed by atoms with E-state index in [-0.39, 0.29) is 5.56 Å². The number of hydrogen-bond donors (Lipinski definition) is 0. The van der Waals surface area contributed by atoms with Gasteiger partial charge < -0.3 is 4.74 Å². The molecule has 2 rings (SSSR count). The molecule has 0 amide bonds. The first-order valence-electron chi connectivity index (χ1n) is 5.80. The van der Waals surface area contributed by atoms with Crippen molar-refractivity contribution in [2.75, 3.05) is 0 Å². The van der Waals surface area contributed by atoms with E-state index in [1.165, 1.54) is 12.1 Å². The molecule has 0 spiro atoms. The Kier molecular flexibility index (Phi) is 3.79. The van der Waals surface area contributed by atoms with Gasteiger partial charge in [-0.25, -0.2) is 0 Å². The van der Waals surface area contributed by atoms with Gasteiger partial charge in [-0.05, 0) is 36.2 Å². The fourth-order valence-corrected chi connectivity index (χ4v) is 1.80. The van der Waals surface area contributed by atoms with Crippen molar-refractivity contribution in [2.45, 2.75) is 13.3 Å². The van der Waals surface area contributed by atoms with Crippen molar-refractivity contribution in [3.8, 4) is 16.9 Å². The molecule has 2 aromatic carbocycles. The molecular formula is C15H11F3O2. The van der Waals surface area contributed by atoms with Crippen LogP contribution in [-0.4, -0.2) is 12.6 Å². The highest BCUT2D eigenvalue weighted by molar-refractivity contribution is 5.80. The lowest BCUT2D eigenvalue weighted by Gasteiger charge is -2.11. The molecule has 0 aliphatic heterocycles. The van der Waals surface area contributed by atoms with Crippen LogP contribution in [0, 0.1) is 6.92 Å². The van der Waals surface area contributed by atoms with E-state index in [0.717, 1.165) is 11.6 Å². The second kappa shape index (κ2) is 5.36. The number of alkyl halides is 3. The van der Waals surface area contributed by atoms with Gasteiger partial charge in [0.05, 0.1) is 0 Å². The zero-order valence-electron chi connectivity index (χ0n) is 10.6. The number of aldehydes is 1. The third-order valence-corrected chi connectivity index (χ3v) is 2.68. The molecule has 20 heavy (non-hydrogen) atoms. The Morgan fingerprint density at radius 2 is 1.65 bits per heavy atom. The van der Waals surface area contributed by atoms with Crippen LogP contribution in [0.1, 0.15) is 15.9 Å². The van der Waals surface area contributed by atoms with E-state index in [4.69, 9.17) is 0 Å². The molecule has 0 saturated carbocycles. The van der Waals surface area contributed by atoms with Gasteiger partial charge in [-0.1, -0.05) is 29.8 Å². The second-order valence-corrected chi connectivity index (χ2v) is 4.32. The summed E-state index contributed by atoms with van der Waals surface area (Å²) in [6.45, 7) is 1.91. The zero-order valence-corrected chi connectivity index (χ0v) is 10.6. The summed E-state index contributed by atoms with van der Waals surface area (Å²) in [6.07, 6.45) is -4.30. The van der Waals surface area contributed by atoms with Gasteiger partial charge in [0.2, 0.25) is 0 Å². The van der Waals surface area contributed by atoms with Gasteiger partial charge in [-0.3, -0.25) is 4.79 Å². The molecule has 0 aliphatic rings. The van der Waals surface area contributed by atoms with Crippen molar-refractivity contribution in [3.63, 3.8) is 0 Å². The Morgan fingerprint density at radius 1 is 1.00 bits per heavy atom. The lowest BCUT2D eigenvalue weighted by molar-refractivity contribution is -0.274. The van der Waals surface area contributed by atoms with E-state index < -0.39 is 12.1 Å². The first kappa shape index (κ1) is 14.1. The Labute approximate surface area is 113 Å². The van der Waals surface area contributed by atoms with Crippen molar-refractivity contribution in [2.24, 2.45) is 0 Å². The third-order valence-electron chi connectivity index (χ3n) is 2.68. The Balaban J connectivity index is 2.45. The summed E-state index contributed by atoms with van der Waals surface area (Å²) in [5, 5.41) is 0. The minimum absolute atomic E-state index is 0.127. The first-order valence-corrected chi connectivity index (χ1v) is 5.80. The highest BCUT2D eigenvalue weighted by atomic mass is 19.4. The molecule has 2 nitrogen and oxygen atoms in total. The summed E-state index contributed by atoms with van der Waals surface area (Å²) in [6, 6.07) is 11.1. The minimum Gasteiger partial charge on any atom is -0.406 e. The molecule has 2 aromatic rings. The topological polar surface area (TPSA) is 26.3 Å². The van der Waals surface area contributed by atoms with Crippen molar-refractivity contribution in [1.29, 1.82) is 0 Å². The van der Waals surface area contributed by atoms with Crippen LogP contribution >= 0.6 is 0 Å². The van der Waals surface area contributed by atoms with Crippen LogP contribution in [0.3, 0.4) is 0 Å². The SMILES string of the molecule is Cc1ccc(-c2cc(C=O)cc(OC(F)(F)F)c2)cc1. The number of halogens is 3. The number of carbonyl (C=O) groups is 1. The van der Waals surface area contributed by atoms with E-state index in [0.29, 0.717) is 17.4 Å². The first-order chi connectivity index (χ1) is 9.37. The van der Waals surface area contributed by atoms with Gasteiger partial charge >= 0.3 is 6.36 Å². The van der Waals surface area contributed by atoms with Gasteiger partial charge in [0.15, 0.2) is 0 Å². The van der Waals surface area contributed by atoms with Crippen LogP contribution in [0.2, 0.25) is 0 Å². The number of ether oxygens (including phenoxy) is 1. The van der Waals surface area contributed by atoms with Gasteiger partial charge in [0.25, 0.3) is 0 Å². The van der Waals surface area contributed by atoms with Crippen LogP contribution in [0.15, 0.2) is 42.5 Å². The Hall–Kier alpha value is -2.30. The van der Waals surface area contributed by atoms with Crippen LogP contribution in [0.25, 0.3) is 11.1 Å². The molecule has 0 aromatic heterocycles. The normalized spacial score (nSPS) is 11.2. The summed E-state index contributed by atoms with van der Waals surface area (Å²) in [4.78, 5) is 10.8. The monoisotopic (exact) mass is 280 g/mol. The predicted molar refractivity (Wildman–Crippen MR) is 68.7 cm³/mol.